The molecule has 55 heavy (non-hydrogen) atoms. The number of benzene rings is 1. The van der Waals surface area contributed by atoms with Crippen LogP contribution >= 0.6 is 0 Å². The van der Waals surface area contributed by atoms with Gasteiger partial charge >= 0.3 is 6.03 Å². The van der Waals surface area contributed by atoms with Gasteiger partial charge in [-0.2, -0.15) is 0 Å². The molecule has 0 aromatic heterocycles. The quantitative estimate of drug-likeness (QED) is 0.126. The molecule has 12 nitrogen and oxygen atoms in total. The Hall–Kier alpha value is -4.18. The Bertz CT molecular complexity index is 1740. The van der Waals surface area contributed by atoms with Crippen LogP contribution in [0.3, 0.4) is 0 Å². The number of carbonyl (C=O) groups is 5. The van der Waals surface area contributed by atoms with Crippen LogP contribution in [0.4, 0.5) is 4.79 Å². The summed E-state index contributed by atoms with van der Waals surface area (Å²) in [6.07, 6.45) is 12.1. The Labute approximate surface area is 327 Å². The Morgan fingerprint density at radius 2 is 1.62 bits per heavy atom. The van der Waals surface area contributed by atoms with Crippen molar-refractivity contribution in [2.75, 3.05) is 18.8 Å². The fourth-order valence-electron chi connectivity index (χ4n) is 8.36. The summed E-state index contributed by atoms with van der Waals surface area (Å²) in [4.78, 5) is 71.0. The van der Waals surface area contributed by atoms with Gasteiger partial charge in [-0.1, -0.05) is 70.4 Å². The van der Waals surface area contributed by atoms with Crippen molar-refractivity contribution < 1.29 is 32.4 Å². The molecule has 0 spiro atoms. The summed E-state index contributed by atoms with van der Waals surface area (Å²) in [6, 6.07) is 3.98. The number of fused-ring (bicyclic) bond motifs is 1. The summed E-state index contributed by atoms with van der Waals surface area (Å²) in [6.45, 7) is 14.8. The van der Waals surface area contributed by atoms with E-state index in [0.717, 1.165) is 30.4 Å². The zero-order chi connectivity index (χ0) is 40.8. The molecule has 0 radical (unpaired) electrons. The van der Waals surface area contributed by atoms with Crippen LogP contribution < -0.4 is 21.3 Å². The second-order valence-electron chi connectivity index (χ2n) is 17.6. The minimum Gasteiger partial charge on any atom is -0.346 e. The molecule has 4 N–H and O–H groups in total. The highest BCUT2D eigenvalue weighted by Gasteiger charge is 2.50. The minimum absolute atomic E-state index is 0.0286. The number of Topliss-reactive ketones (excluding diaryl/α,β-unsaturated/α-hetero) is 1. The lowest BCUT2D eigenvalue weighted by atomic mass is 9.76. The van der Waals surface area contributed by atoms with Crippen LogP contribution in [0.2, 0.25) is 0 Å². The molecule has 0 bridgehead atoms. The first-order chi connectivity index (χ1) is 25.7. The van der Waals surface area contributed by atoms with Gasteiger partial charge in [0.15, 0.2) is 9.84 Å². The first-order valence-corrected chi connectivity index (χ1v) is 21.2. The first-order valence-electron chi connectivity index (χ1n) is 19.6. The third-order valence-corrected chi connectivity index (χ3v) is 14.4. The maximum atomic E-state index is 15.0. The van der Waals surface area contributed by atoms with Crippen LogP contribution in [0, 0.1) is 29.6 Å². The average Bonchev–Trinajstić information content (AvgIpc) is 3.76. The van der Waals surface area contributed by atoms with E-state index in [-0.39, 0.29) is 43.5 Å². The molecule has 4 atom stereocenters. The van der Waals surface area contributed by atoms with E-state index < -0.39 is 73.2 Å². The third kappa shape index (κ3) is 10.6. The SMILES string of the molecule is C#CCCC(NC(=O)C1C(C(C)(C)C)CCN1C(=O)[C@@H](NC(=O)NC1(CS(=O)(=O)C(C)(C)C)CCCCC1)C1Cc2ccccc2C1)C(=O)C(=O)NCC=C. The van der Waals surface area contributed by atoms with E-state index >= 15 is 0 Å². The molecule has 4 rings (SSSR count). The monoisotopic (exact) mass is 779 g/mol. The van der Waals surface area contributed by atoms with Crippen molar-refractivity contribution in [2.24, 2.45) is 17.3 Å². The van der Waals surface area contributed by atoms with Crippen molar-refractivity contribution >= 4 is 39.4 Å². The molecule has 1 aliphatic heterocycles. The van der Waals surface area contributed by atoms with Gasteiger partial charge in [-0.3, -0.25) is 19.2 Å². The number of likely N-dealkylation sites (tertiary alicyclic amines) is 1. The third-order valence-electron chi connectivity index (χ3n) is 11.6. The molecule has 3 unspecified atom stereocenters. The molecule has 1 saturated heterocycles. The number of urea groups is 1. The highest BCUT2D eigenvalue weighted by molar-refractivity contribution is 7.92. The van der Waals surface area contributed by atoms with Crippen molar-refractivity contribution in [1.82, 2.24) is 26.2 Å². The molecule has 2 aliphatic carbocycles. The molecule has 1 aromatic rings. The predicted octanol–water partition coefficient (Wildman–Crippen LogP) is 4.02. The fourth-order valence-corrected chi connectivity index (χ4v) is 9.88. The summed E-state index contributed by atoms with van der Waals surface area (Å²) in [5.74, 6) is -1.15. The molecule has 1 saturated carbocycles. The van der Waals surface area contributed by atoms with E-state index in [2.05, 4.69) is 33.8 Å². The molecule has 13 heteroatoms. The van der Waals surface area contributed by atoms with Crippen LogP contribution in [0.25, 0.3) is 0 Å². The highest BCUT2D eigenvalue weighted by atomic mass is 32.2. The van der Waals surface area contributed by atoms with E-state index in [4.69, 9.17) is 6.42 Å². The van der Waals surface area contributed by atoms with Gasteiger partial charge in [0.1, 0.15) is 12.1 Å². The van der Waals surface area contributed by atoms with Crippen molar-refractivity contribution in [2.45, 2.75) is 134 Å². The lowest BCUT2D eigenvalue weighted by Gasteiger charge is -2.40. The molecule has 5 amide bonds. The average molecular weight is 780 g/mol. The van der Waals surface area contributed by atoms with Gasteiger partial charge in [-0.15, -0.1) is 18.9 Å². The van der Waals surface area contributed by atoms with Crippen molar-refractivity contribution in [1.29, 1.82) is 0 Å². The molecular weight excluding hydrogens is 719 g/mol. The van der Waals surface area contributed by atoms with Gasteiger partial charge in [0.25, 0.3) is 5.91 Å². The summed E-state index contributed by atoms with van der Waals surface area (Å²) >= 11 is 0. The van der Waals surface area contributed by atoms with Crippen LogP contribution in [-0.4, -0.2) is 90.1 Å². The second kappa shape index (κ2) is 17.7. The zero-order valence-electron chi connectivity index (χ0n) is 33.5. The van der Waals surface area contributed by atoms with Gasteiger partial charge in [-0.05, 0) is 87.7 Å². The zero-order valence-corrected chi connectivity index (χ0v) is 34.3. The summed E-state index contributed by atoms with van der Waals surface area (Å²) in [7, 11) is -3.61. The Balaban J connectivity index is 1.67. The van der Waals surface area contributed by atoms with Crippen molar-refractivity contribution in [3.63, 3.8) is 0 Å². The maximum Gasteiger partial charge on any atom is 0.315 e. The number of nitrogens with zero attached hydrogens (tertiary/aromatic N) is 1. The summed E-state index contributed by atoms with van der Waals surface area (Å²) in [5, 5.41) is 11.3. The first kappa shape index (κ1) is 43.5. The maximum absolute atomic E-state index is 15.0. The molecular formula is C42H61N5O7S. The standard InChI is InChI=1S/C42H61N5O7S/c1-9-11-19-32(35(48)37(50)43-23-10-2)44-36(49)34-31(40(3,4)5)20-24-47(34)38(51)33(30-25-28-17-13-14-18-29(28)26-30)45-39(52)46-42(21-15-12-16-22-42)27-55(53,54)41(6,7)8/h1,10,13-14,17-18,30-34H,2,11-12,15-16,19-27H2,3-8H3,(H,43,50)(H,44,49)(H2,45,46,52)/t31?,32?,33-,34?/m0/s1. The number of terminal acetylenes is 1. The van der Waals surface area contributed by atoms with Crippen molar-refractivity contribution in [3.05, 3.63) is 48.0 Å². The number of hydrogen-bond donors (Lipinski definition) is 4. The van der Waals surface area contributed by atoms with Crippen LogP contribution in [-0.2, 0) is 41.9 Å². The van der Waals surface area contributed by atoms with Gasteiger partial charge in [-0.25, -0.2) is 13.2 Å². The number of rotatable bonds is 14. The molecule has 302 valence electrons. The largest absolute Gasteiger partial charge is 0.346 e. The van der Waals surface area contributed by atoms with Gasteiger partial charge < -0.3 is 26.2 Å². The molecule has 1 aromatic carbocycles. The van der Waals surface area contributed by atoms with E-state index in [0.29, 0.717) is 32.1 Å². The van der Waals surface area contributed by atoms with E-state index in [9.17, 15) is 32.4 Å². The van der Waals surface area contributed by atoms with Crippen LogP contribution in [0.15, 0.2) is 36.9 Å². The molecule has 2 fully saturated rings. The van der Waals surface area contributed by atoms with Crippen LogP contribution in [0.5, 0.6) is 0 Å². The molecule has 3 aliphatic rings. The van der Waals surface area contributed by atoms with Crippen molar-refractivity contribution in [3.8, 4) is 12.3 Å². The summed E-state index contributed by atoms with van der Waals surface area (Å²) < 4.78 is 26.0. The van der Waals surface area contributed by atoms with E-state index in [1.54, 1.807) is 20.8 Å². The summed E-state index contributed by atoms with van der Waals surface area (Å²) in [5.41, 5.74) is 0.708. The van der Waals surface area contributed by atoms with Crippen LogP contribution in [0.1, 0.15) is 104 Å². The second-order valence-corrected chi connectivity index (χ2v) is 20.4. The lowest BCUT2D eigenvalue weighted by molar-refractivity contribution is -0.144. The normalized spacial score (nSPS) is 21.0. The topological polar surface area (TPSA) is 171 Å². The number of hydrogen-bond acceptors (Lipinski definition) is 7. The highest BCUT2D eigenvalue weighted by Crippen LogP contribution is 2.40. The Morgan fingerprint density at radius 1 is 1.00 bits per heavy atom. The number of ketones is 1. The molecule has 1 heterocycles. The van der Waals surface area contributed by atoms with Gasteiger partial charge in [0.2, 0.25) is 17.6 Å². The smallest absolute Gasteiger partial charge is 0.315 e. The lowest BCUT2D eigenvalue weighted by Crippen LogP contribution is -2.63. The van der Waals surface area contributed by atoms with Gasteiger partial charge in [0, 0.05) is 19.5 Å². The number of nitrogens with one attached hydrogen (secondary N) is 4. The Kier molecular flexibility index (Phi) is 14.0. The van der Waals surface area contributed by atoms with E-state index in [1.165, 1.54) is 11.0 Å². The fraction of sp³-hybridized carbons (Fsp3) is 0.643. The Morgan fingerprint density at radius 3 is 2.16 bits per heavy atom. The minimum atomic E-state index is -3.61. The number of sulfone groups is 1. The number of carbonyl (C=O) groups excluding carboxylic acids is 5. The van der Waals surface area contributed by atoms with Gasteiger partial charge in [0.05, 0.1) is 22.1 Å². The number of amides is 5. The van der Waals surface area contributed by atoms with E-state index in [1.807, 2.05) is 45.0 Å². The predicted molar refractivity (Wildman–Crippen MR) is 213 cm³/mol.